The first-order chi connectivity index (χ1) is 20.0. The third kappa shape index (κ3) is 3.52. The Balaban J connectivity index is 1.59. The van der Waals surface area contributed by atoms with Crippen LogP contribution in [0.4, 0.5) is 5.69 Å². The van der Waals surface area contributed by atoms with Gasteiger partial charge in [0.05, 0.1) is 22.8 Å². The van der Waals surface area contributed by atoms with E-state index < -0.39 is 13.7 Å². The molecule has 0 amide bonds. The van der Waals surface area contributed by atoms with Crippen molar-refractivity contribution >= 4 is 19.2 Å². The summed E-state index contributed by atoms with van der Waals surface area (Å²) >= 11 is 0. The summed E-state index contributed by atoms with van der Waals surface area (Å²) in [6.07, 6.45) is 1.08. The van der Waals surface area contributed by atoms with Crippen LogP contribution in [0.2, 0.25) is 19.6 Å². The second-order valence-corrected chi connectivity index (χ2v) is 18.9. The average molecular weight is 567 g/mol. The summed E-state index contributed by atoms with van der Waals surface area (Å²) in [6.45, 7) is 14.5. The van der Waals surface area contributed by atoms with Crippen molar-refractivity contribution in [2.75, 3.05) is 11.4 Å². The van der Waals surface area contributed by atoms with E-state index in [-0.39, 0.29) is 11.0 Å². The lowest BCUT2D eigenvalue weighted by atomic mass is 9.80. The number of para-hydroxylation sites is 1. The first-order valence-electron chi connectivity index (χ1n) is 14.9. The monoisotopic (exact) mass is 566 g/mol. The third-order valence-corrected chi connectivity index (χ3v) is 12.0. The van der Waals surface area contributed by atoms with Gasteiger partial charge in [-0.15, -0.1) is 0 Å². The van der Waals surface area contributed by atoms with Crippen LogP contribution in [-0.2, 0) is 11.1 Å². The summed E-state index contributed by atoms with van der Waals surface area (Å²) in [5, 5.41) is 20.2. The Morgan fingerprint density at radius 1 is 0.857 bits per heavy atom. The van der Waals surface area contributed by atoms with Crippen LogP contribution in [0.5, 0.6) is 0 Å². The number of rotatable bonds is 5. The number of fused-ring (bicyclic) bond motifs is 6. The summed E-state index contributed by atoms with van der Waals surface area (Å²) in [5.74, 6) is 0. The van der Waals surface area contributed by atoms with Gasteiger partial charge >= 0.3 is 0 Å². The minimum absolute atomic E-state index is 0.00711. The fraction of sp³-hybridized carbons (Fsp3) is 0.297. The van der Waals surface area contributed by atoms with E-state index in [2.05, 4.69) is 147 Å². The van der Waals surface area contributed by atoms with Gasteiger partial charge in [0.15, 0.2) is 0 Å². The summed E-state index contributed by atoms with van der Waals surface area (Å²) in [4.78, 5) is 5.06. The van der Waals surface area contributed by atoms with E-state index >= 15 is 0 Å². The molecular weight excluding hydrogens is 529 g/mol. The van der Waals surface area contributed by atoms with Crippen molar-refractivity contribution in [1.29, 1.82) is 10.7 Å². The highest BCUT2D eigenvalue weighted by Gasteiger charge is 2.81. The number of aryl methyl sites for hydroxylation is 1. The lowest BCUT2D eigenvalue weighted by molar-refractivity contribution is 0.267. The van der Waals surface area contributed by atoms with Crippen molar-refractivity contribution in [2.45, 2.75) is 63.4 Å². The molecule has 1 saturated heterocycles. The Morgan fingerprint density at radius 3 is 1.95 bits per heavy atom. The van der Waals surface area contributed by atoms with Gasteiger partial charge in [-0.05, 0) is 54.2 Å². The molecule has 0 aromatic heterocycles. The maximum absolute atomic E-state index is 10.2. The number of nitrogens with zero attached hydrogens (tertiary/aromatic N) is 3. The highest BCUT2D eigenvalue weighted by molar-refractivity contribution is 7.05. The molecule has 4 aromatic rings. The summed E-state index contributed by atoms with van der Waals surface area (Å²) in [6, 6.07) is 34.7. The molecule has 1 N–H and O–H groups in total. The number of anilines is 1. The van der Waals surface area contributed by atoms with Crippen molar-refractivity contribution < 1.29 is 0 Å². The van der Waals surface area contributed by atoms with E-state index in [1.807, 2.05) is 0 Å². The summed E-state index contributed by atoms with van der Waals surface area (Å²) in [7, 11) is -2.15. The minimum Gasteiger partial charge on any atom is -0.309 e. The molecule has 2 fully saturated rings. The van der Waals surface area contributed by atoms with Crippen molar-refractivity contribution in [2.24, 2.45) is 0 Å². The minimum atomic E-state index is -2.15. The molecular formula is C37H38N4Si. The lowest BCUT2D eigenvalue weighted by Crippen LogP contribution is -2.56. The SMILES string of the molecule is Cc1cc2c(cc1C#N)C1(N(C(=N)[Si](C)(C)C)c3c(-c4ccccc4)cccc3-c3ccccc3)CN1C1(C)C[C@]21C. The molecule has 0 spiro atoms. The zero-order valence-corrected chi connectivity index (χ0v) is 26.4. The number of hydrogen-bond donors (Lipinski definition) is 1. The van der Waals surface area contributed by atoms with Gasteiger partial charge in [0.25, 0.3) is 0 Å². The van der Waals surface area contributed by atoms with Crippen LogP contribution in [0.15, 0.2) is 91.0 Å². The van der Waals surface area contributed by atoms with Crippen molar-refractivity contribution in [3.63, 3.8) is 0 Å². The molecule has 4 nitrogen and oxygen atoms in total. The number of amidine groups is 1. The van der Waals surface area contributed by atoms with E-state index in [1.54, 1.807) is 0 Å². The van der Waals surface area contributed by atoms with Gasteiger partial charge in [0.1, 0.15) is 13.7 Å². The molecule has 5 heteroatoms. The molecule has 210 valence electrons. The fourth-order valence-electron chi connectivity index (χ4n) is 7.65. The smallest absolute Gasteiger partial charge is 0.139 e. The third-order valence-electron chi connectivity index (χ3n) is 10.3. The van der Waals surface area contributed by atoms with Gasteiger partial charge < -0.3 is 4.90 Å². The standard InChI is InChI=1S/C37H38N4Si/c1-25-20-31-32(21-28(25)22-38)37(24-40(37)36(3)23-35(31,36)2)41(34(39)42(4,5)6)33-29(26-14-9-7-10-15-26)18-13-19-30(33)27-16-11-8-12-17-27/h7-21,39H,23-24H2,1-6H3/t35-,36?,37?,40?/m1/s1. The van der Waals surface area contributed by atoms with Crippen LogP contribution in [0, 0.1) is 23.7 Å². The highest BCUT2D eigenvalue weighted by Crippen LogP contribution is 2.74. The number of nitrogens with one attached hydrogen (secondary N) is 1. The topological polar surface area (TPSA) is 53.9 Å². The fourth-order valence-corrected chi connectivity index (χ4v) is 8.62. The first kappa shape index (κ1) is 26.9. The normalized spacial score (nSPS) is 26.7. The molecule has 3 aliphatic rings. The molecule has 0 radical (unpaired) electrons. The number of benzene rings is 4. The van der Waals surface area contributed by atoms with Gasteiger partial charge in [-0.2, -0.15) is 5.26 Å². The molecule has 1 aliphatic carbocycles. The van der Waals surface area contributed by atoms with Crippen molar-refractivity contribution in [1.82, 2.24) is 4.90 Å². The molecule has 0 bridgehead atoms. The van der Waals surface area contributed by atoms with Gasteiger partial charge in [-0.1, -0.05) is 111 Å². The van der Waals surface area contributed by atoms with Crippen LogP contribution < -0.4 is 4.90 Å². The number of nitriles is 1. The van der Waals surface area contributed by atoms with Gasteiger partial charge in [0, 0.05) is 28.6 Å². The molecule has 1 saturated carbocycles. The Morgan fingerprint density at radius 2 is 1.43 bits per heavy atom. The summed E-state index contributed by atoms with van der Waals surface area (Å²) in [5.41, 5.74) is 10.2. The quantitative estimate of drug-likeness (QED) is 0.114. The van der Waals surface area contributed by atoms with Crippen LogP contribution >= 0.6 is 0 Å². The predicted molar refractivity (Wildman–Crippen MR) is 176 cm³/mol. The molecule has 4 aromatic carbocycles. The van der Waals surface area contributed by atoms with Gasteiger partial charge in [0.2, 0.25) is 0 Å². The largest absolute Gasteiger partial charge is 0.309 e. The predicted octanol–water partition coefficient (Wildman–Crippen LogP) is 8.46. The Labute approximate surface area is 250 Å². The first-order valence-corrected chi connectivity index (χ1v) is 18.4. The van der Waals surface area contributed by atoms with E-state index in [1.165, 1.54) is 11.1 Å². The maximum atomic E-state index is 10.2. The maximum Gasteiger partial charge on any atom is 0.139 e. The van der Waals surface area contributed by atoms with Gasteiger partial charge in [-0.3, -0.25) is 10.3 Å². The van der Waals surface area contributed by atoms with Crippen LogP contribution in [0.1, 0.15) is 42.5 Å². The second-order valence-electron chi connectivity index (χ2n) is 13.9. The van der Waals surface area contributed by atoms with E-state index in [4.69, 9.17) is 0 Å². The Kier molecular flexibility index (Phi) is 5.61. The van der Waals surface area contributed by atoms with Crippen LogP contribution in [0.3, 0.4) is 0 Å². The van der Waals surface area contributed by atoms with Crippen LogP contribution in [-0.4, -0.2) is 30.5 Å². The van der Waals surface area contributed by atoms with Crippen molar-refractivity contribution in [3.05, 3.63) is 113 Å². The van der Waals surface area contributed by atoms with Crippen LogP contribution in [0.25, 0.3) is 22.3 Å². The molecule has 4 atom stereocenters. The average Bonchev–Trinajstić information content (AvgIpc) is 3.87. The Bertz CT molecular complexity index is 1740. The second kappa shape index (κ2) is 8.76. The highest BCUT2D eigenvalue weighted by atomic mass is 28.3. The molecule has 2 aliphatic heterocycles. The van der Waals surface area contributed by atoms with Crippen molar-refractivity contribution in [3.8, 4) is 28.3 Å². The molecule has 2 heterocycles. The Hall–Kier alpha value is -3.98. The molecule has 7 rings (SSSR count). The zero-order valence-electron chi connectivity index (χ0n) is 25.4. The lowest BCUT2D eigenvalue weighted by Gasteiger charge is -2.45. The van der Waals surface area contributed by atoms with E-state index in [0.717, 1.165) is 52.0 Å². The van der Waals surface area contributed by atoms with E-state index in [0.29, 0.717) is 5.46 Å². The molecule has 3 unspecified atom stereocenters. The molecule has 42 heavy (non-hydrogen) atoms. The number of hydrogen-bond acceptors (Lipinski definition) is 3. The van der Waals surface area contributed by atoms with E-state index in [9.17, 15) is 10.7 Å². The van der Waals surface area contributed by atoms with Gasteiger partial charge in [-0.25, -0.2) is 0 Å². The zero-order chi connectivity index (χ0) is 29.7. The summed E-state index contributed by atoms with van der Waals surface area (Å²) < 4.78 is 0.